The van der Waals surface area contributed by atoms with Crippen LogP contribution in [0.3, 0.4) is 0 Å². The van der Waals surface area contributed by atoms with Gasteiger partial charge >= 0.3 is 0 Å². The van der Waals surface area contributed by atoms with E-state index >= 15 is 0 Å². The number of rotatable bonds is 5. The lowest BCUT2D eigenvalue weighted by Crippen LogP contribution is -2.29. The molecule has 4 nitrogen and oxygen atoms in total. The summed E-state index contributed by atoms with van der Waals surface area (Å²) in [5.41, 5.74) is 0.624. The third-order valence-corrected chi connectivity index (χ3v) is 3.05. The summed E-state index contributed by atoms with van der Waals surface area (Å²) in [6.07, 6.45) is 5.44. The van der Waals surface area contributed by atoms with Crippen molar-refractivity contribution in [2.24, 2.45) is 5.92 Å². The van der Waals surface area contributed by atoms with Crippen LogP contribution < -0.4 is 5.32 Å². The highest BCUT2D eigenvalue weighted by atomic mass is 35.5. The smallest absolute Gasteiger partial charge is 0.251 e. The molecule has 0 aliphatic heterocycles. The Hall–Kier alpha value is -1.81. The fraction of sp³-hybridized carbons (Fsp3) is 0.286. The summed E-state index contributed by atoms with van der Waals surface area (Å²) in [5, 5.41) is 3.54. The van der Waals surface area contributed by atoms with Crippen molar-refractivity contribution >= 4 is 17.5 Å². The van der Waals surface area contributed by atoms with Gasteiger partial charge in [0, 0.05) is 36.1 Å². The van der Waals surface area contributed by atoms with E-state index in [0.29, 0.717) is 23.0 Å². The van der Waals surface area contributed by atoms with Crippen LogP contribution in [-0.2, 0) is 6.54 Å². The molecule has 0 saturated heterocycles. The van der Waals surface area contributed by atoms with E-state index in [1.807, 2.05) is 10.8 Å². The van der Waals surface area contributed by atoms with E-state index in [2.05, 4.69) is 17.2 Å². The van der Waals surface area contributed by atoms with Crippen LogP contribution in [-0.4, -0.2) is 22.0 Å². The third-order valence-electron chi connectivity index (χ3n) is 2.80. The van der Waals surface area contributed by atoms with Gasteiger partial charge in [0.2, 0.25) is 0 Å². The van der Waals surface area contributed by atoms with E-state index in [-0.39, 0.29) is 5.91 Å². The maximum atomic E-state index is 11.9. The Morgan fingerprint density at radius 3 is 2.79 bits per heavy atom. The number of amides is 1. The highest BCUT2D eigenvalue weighted by Crippen LogP contribution is 2.09. The maximum Gasteiger partial charge on any atom is 0.251 e. The second kappa shape index (κ2) is 6.38. The molecule has 0 aliphatic rings. The third kappa shape index (κ3) is 4.10. The van der Waals surface area contributed by atoms with Crippen LogP contribution >= 0.6 is 11.6 Å². The fourth-order valence-electron chi connectivity index (χ4n) is 1.79. The molecule has 1 N–H and O–H groups in total. The summed E-state index contributed by atoms with van der Waals surface area (Å²) in [6.45, 7) is 3.54. The quantitative estimate of drug-likeness (QED) is 0.913. The highest BCUT2D eigenvalue weighted by Gasteiger charge is 2.08. The van der Waals surface area contributed by atoms with Gasteiger partial charge in [0.1, 0.15) is 0 Å². The van der Waals surface area contributed by atoms with Crippen LogP contribution in [0.2, 0.25) is 5.02 Å². The summed E-state index contributed by atoms with van der Waals surface area (Å²) < 4.78 is 2.00. The summed E-state index contributed by atoms with van der Waals surface area (Å²) >= 11 is 5.78. The molecule has 100 valence electrons. The average molecular weight is 278 g/mol. The van der Waals surface area contributed by atoms with E-state index in [1.54, 1.807) is 36.8 Å². The van der Waals surface area contributed by atoms with Crippen molar-refractivity contribution in [2.45, 2.75) is 13.5 Å². The molecule has 1 heterocycles. The van der Waals surface area contributed by atoms with Crippen molar-refractivity contribution in [3.05, 3.63) is 53.6 Å². The van der Waals surface area contributed by atoms with Crippen molar-refractivity contribution in [1.82, 2.24) is 14.9 Å². The van der Waals surface area contributed by atoms with Crippen LogP contribution in [0.1, 0.15) is 17.3 Å². The number of aromatic nitrogens is 2. The van der Waals surface area contributed by atoms with Crippen molar-refractivity contribution in [2.75, 3.05) is 6.54 Å². The molecule has 0 bridgehead atoms. The molecule has 1 unspecified atom stereocenters. The number of hydrogen-bond acceptors (Lipinski definition) is 2. The monoisotopic (exact) mass is 277 g/mol. The lowest BCUT2D eigenvalue weighted by atomic mass is 10.1. The van der Waals surface area contributed by atoms with Crippen LogP contribution in [0.25, 0.3) is 0 Å². The molecule has 1 aromatic carbocycles. The second-order valence-corrected chi connectivity index (χ2v) is 5.02. The molecule has 0 fully saturated rings. The zero-order chi connectivity index (χ0) is 13.7. The zero-order valence-electron chi connectivity index (χ0n) is 10.7. The van der Waals surface area contributed by atoms with Gasteiger partial charge in [-0.3, -0.25) is 4.79 Å². The normalized spacial score (nSPS) is 12.1. The molecular formula is C14H16ClN3O. The Balaban J connectivity index is 1.81. The minimum absolute atomic E-state index is 0.0749. The largest absolute Gasteiger partial charge is 0.352 e. The van der Waals surface area contributed by atoms with Crippen LogP contribution in [0, 0.1) is 5.92 Å². The first kappa shape index (κ1) is 13.6. The number of carbonyl (C=O) groups excluding carboxylic acids is 1. The first-order valence-corrected chi connectivity index (χ1v) is 6.52. The van der Waals surface area contributed by atoms with E-state index in [1.165, 1.54) is 0 Å². The standard InChI is InChI=1S/C14H16ClN3O/c1-11(9-18-7-6-16-10-18)8-17-14(19)12-2-4-13(15)5-3-12/h2-7,10-11H,8-9H2,1H3,(H,17,19). The van der Waals surface area contributed by atoms with Gasteiger partial charge in [-0.2, -0.15) is 0 Å². The number of imidazole rings is 1. The lowest BCUT2D eigenvalue weighted by molar-refractivity contribution is 0.0947. The average Bonchev–Trinajstić information content (AvgIpc) is 2.89. The van der Waals surface area contributed by atoms with Crippen molar-refractivity contribution in [1.29, 1.82) is 0 Å². The van der Waals surface area contributed by atoms with Gasteiger partial charge in [-0.05, 0) is 30.2 Å². The van der Waals surface area contributed by atoms with Gasteiger partial charge in [-0.15, -0.1) is 0 Å². The minimum Gasteiger partial charge on any atom is -0.352 e. The van der Waals surface area contributed by atoms with Gasteiger partial charge in [0.25, 0.3) is 5.91 Å². The molecular weight excluding hydrogens is 262 g/mol. The van der Waals surface area contributed by atoms with Gasteiger partial charge < -0.3 is 9.88 Å². The minimum atomic E-state index is -0.0749. The van der Waals surface area contributed by atoms with Gasteiger partial charge in [0.05, 0.1) is 6.33 Å². The second-order valence-electron chi connectivity index (χ2n) is 4.58. The molecule has 0 aliphatic carbocycles. The van der Waals surface area contributed by atoms with Crippen molar-refractivity contribution in [3.8, 4) is 0 Å². The SMILES string of the molecule is CC(CNC(=O)c1ccc(Cl)cc1)Cn1ccnc1. The maximum absolute atomic E-state index is 11.9. The molecule has 0 spiro atoms. The number of carbonyl (C=O) groups is 1. The van der Waals surface area contributed by atoms with E-state index in [4.69, 9.17) is 11.6 Å². The Morgan fingerprint density at radius 2 is 2.16 bits per heavy atom. The summed E-state index contributed by atoms with van der Waals surface area (Å²) in [5.74, 6) is 0.264. The molecule has 1 atom stereocenters. The summed E-state index contributed by atoms with van der Waals surface area (Å²) in [7, 11) is 0. The van der Waals surface area contributed by atoms with Crippen LogP contribution in [0.15, 0.2) is 43.0 Å². The fourth-order valence-corrected chi connectivity index (χ4v) is 1.92. The molecule has 2 aromatic rings. The topological polar surface area (TPSA) is 46.9 Å². The van der Waals surface area contributed by atoms with Crippen LogP contribution in [0.4, 0.5) is 0 Å². The van der Waals surface area contributed by atoms with Crippen molar-refractivity contribution in [3.63, 3.8) is 0 Å². The highest BCUT2D eigenvalue weighted by molar-refractivity contribution is 6.30. The van der Waals surface area contributed by atoms with E-state index < -0.39 is 0 Å². The molecule has 19 heavy (non-hydrogen) atoms. The Labute approximate surface area is 117 Å². The molecule has 2 rings (SSSR count). The number of nitrogens with zero attached hydrogens (tertiary/aromatic N) is 2. The predicted octanol–water partition coefficient (Wildman–Crippen LogP) is 2.60. The molecule has 1 amide bonds. The van der Waals surface area contributed by atoms with Crippen LogP contribution in [0.5, 0.6) is 0 Å². The van der Waals surface area contributed by atoms with Gasteiger partial charge in [-0.1, -0.05) is 18.5 Å². The van der Waals surface area contributed by atoms with Crippen molar-refractivity contribution < 1.29 is 4.79 Å². The number of hydrogen-bond donors (Lipinski definition) is 1. The summed E-state index contributed by atoms with van der Waals surface area (Å²) in [4.78, 5) is 15.9. The molecule has 5 heteroatoms. The first-order valence-electron chi connectivity index (χ1n) is 6.14. The predicted molar refractivity (Wildman–Crippen MR) is 75.2 cm³/mol. The van der Waals surface area contributed by atoms with E-state index in [9.17, 15) is 4.79 Å². The molecule has 0 radical (unpaired) electrons. The van der Waals surface area contributed by atoms with Gasteiger partial charge in [-0.25, -0.2) is 4.98 Å². The summed E-state index contributed by atoms with van der Waals surface area (Å²) in [6, 6.07) is 6.87. The number of benzene rings is 1. The Kier molecular flexibility index (Phi) is 4.58. The van der Waals surface area contributed by atoms with Gasteiger partial charge in [0.15, 0.2) is 0 Å². The van der Waals surface area contributed by atoms with E-state index in [0.717, 1.165) is 6.54 Å². The Morgan fingerprint density at radius 1 is 1.42 bits per heavy atom. The molecule has 1 aromatic heterocycles. The number of halogens is 1. The zero-order valence-corrected chi connectivity index (χ0v) is 11.5. The number of nitrogens with one attached hydrogen (secondary N) is 1. The Bertz CT molecular complexity index is 522. The first-order chi connectivity index (χ1) is 9.15. The molecule has 0 saturated carbocycles. The lowest BCUT2D eigenvalue weighted by Gasteiger charge is -2.13.